The first-order valence-corrected chi connectivity index (χ1v) is 7.02. The van der Waals surface area contributed by atoms with Crippen LogP contribution in [0.3, 0.4) is 0 Å². The number of benzene rings is 3. The molecule has 3 nitrogen and oxygen atoms in total. The van der Waals surface area contributed by atoms with Gasteiger partial charge in [0.15, 0.2) is 5.78 Å². The Hall–Kier alpha value is -3.01. The molecule has 0 heterocycles. The van der Waals surface area contributed by atoms with Crippen LogP contribution in [0.2, 0.25) is 0 Å². The molecule has 0 saturated carbocycles. The number of ketones is 1. The van der Waals surface area contributed by atoms with Crippen LogP contribution in [0.15, 0.2) is 60.7 Å². The molecule has 0 bridgehead atoms. The summed E-state index contributed by atoms with van der Waals surface area (Å²) in [5.74, 6) is -1.35. The average Bonchev–Trinajstić information content (AvgIpc) is 2.60. The van der Waals surface area contributed by atoms with Crippen molar-refractivity contribution in [3.63, 3.8) is 0 Å². The van der Waals surface area contributed by atoms with E-state index in [1.165, 1.54) is 31.4 Å². The predicted molar refractivity (Wildman–Crippen MR) is 85.1 cm³/mol. The molecule has 114 valence electrons. The fraction of sp³-hybridized carbons (Fsp3) is 0.0526. The van der Waals surface area contributed by atoms with Crippen LogP contribution < -0.4 is 0 Å². The van der Waals surface area contributed by atoms with Gasteiger partial charge < -0.3 is 4.74 Å². The number of halogens is 1. The first-order chi connectivity index (χ1) is 11.1. The van der Waals surface area contributed by atoms with Gasteiger partial charge >= 0.3 is 5.97 Å². The molecule has 0 radical (unpaired) electrons. The number of esters is 1. The summed E-state index contributed by atoms with van der Waals surface area (Å²) < 4.78 is 17.9. The molecule has 0 amide bonds. The lowest BCUT2D eigenvalue weighted by molar-refractivity contribution is 0.0598. The predicted octanol–water partition coefficient (Wildman–Crippen LogP) is 4.00. The van der Waals surface area contributed by atoms with Crippen LogP contribution in [0.1, 0.15) is 26.3 Å². The van der Waals surface area contributed by atoms with E-state index in [4.69, 9.17) is 4.74 Å². The number of fused-ring (bicyclic) bond motifs is 1. The van der Waals surface area contributed by atoms with Crippen LogP contribution in [0.5, 0.6) is 0 Å². The Morgan fingerprint density at radius 3 is 2.30 bits per heavy atom. The lowest BCUT2D eigenvalue weighted by atomic mass is 9.92. The van der Waals surface area contributed by atoms with Crippen LogP contribution in [0.25, 0.3) is 10.8 Å². The SMILES string of the molecule is COC(=O)c1ccc2ccccc2c1C(=O)c1ccc(F)cc1. The van der Waals surface area contributed by atoms with E-state index in [1.807, 2.05) is 12.1 Å². The quantitative estimate of drug-likeness (QED) is 0.542. The van der Waals surface area contributed by atoms with Gasteiger partial charge in [0.25, 0.3) is 0 Å². The molecule has 0 spiro atoms. The summed E-state index contributed by atoms with van der Waals surface area (Å²) in [4.78, 5) is 24.9. The Morgan fingerprint density at radius 1 is 0.913 bits per heavy atom. The second kappa shape index (κ2) is 6.01. The molecule has 4 heteroatoms. The first-order valence-electron chi connectivity index (χ1n) is 7.02. The summed E-state index contributed by atoms with van der Waals surface area (Å²) in [6.45, 7) is 0. The molecule has 0 atom stereocenters. The number of methoxy groups -OCH3 is 1. The van der Waals surface area contributed by atoms with E-state index in [9.17, 15) is 14.0 Å². The van der Waals surface area contributed by atoms with Gasteiger partial charge in [-0.05, 0) is 41.1 Å². The van der Waals surface area contributed by atoms with Crippen LogP contribution in [0.4, 0.5) is 4.39 Å². The minimum atomic E-state index is -0.582. The molecule has 0 N–H and O–H groups in total. The van der Waals surface area contributed by atoms with Crippen LogP contribution in [0, 0.1) is 5.82 Å². The molecule has 3 aromatic carbocycles. The molecule has 0 unspecified atom stereocenters. The van der Waals surface area contributed by atoms with E-state index in [-0.39, 0.29) is 16.9 Å². The van der Waals surface area contributed by atoms with E-state index in [1.54, 1.807) is 24.3 Å². The second-order valence-corrected chi connectivity index (χ2v) is 5.04. The van der Waals surface area contributed by atoms with Crippen LogP contribution >= 0.6 is 0 Å². The minimum absolute atomic E-state index is 0.195. The van der Waals surface area contributed by atoms with Gasteiger partial charge in [-0.25, -0.2) is 9.18 Å². The zero-order chi connectivity index (χ0) is 16.4. The summed E-state index contributed by atoms with van der Waals surface area (Å²) in [5, 5.41) is 1.50. The average molecular weight is 308 g/mol. The maximum atomic E-state index is 13.1. The van der Waals surface area contributed by atoms with E-state index >= 15 is 0 Å². The van der Waals surface area contributed by atoms with Gasteiger partial charge in [-0.2, -0.15) is 0 Å². The monoisotopic (exact) mass is 308 g/mol. The minimum Gasteiger partial charge on any atom is -0.465 e. The van der Waals surface area contributed by atoms with Crippen LogP contribution in [-0.4, -0.2) is 18.9 Å². The normalized spacial score (nSPS) is 10.5. The lowest BCUT2D eigenvalue weighted by Crippen LogP contribution is -2.12. The molecule has 0 saturated heterocycles. The van der Waals surface area contributed by atoms with Gasteiger partial charge in [0.05, 0.1) is 12.7 Å². The van der Waals surface area contributed by atoms with Crippen molar-refractivity contribution >= 4 is 22.5 Å². The Bertz CT molecular complexity index is 898. The third kappa shape index (κ3) is 2.71. The molecule has 3 rings (SSSR count). The molecule has 0 aromatic heterocycles. The third-order valence-corrected chi connectivity index (χ3v) is 3.67. The maximum Gasteiger partial charge on any atom is 0.338 e. The summed E-state index contributed by atoms with van der Waals surface area (Å²) in [6.07, 6.45) is 0. The molecule has 23 heavy (non-hydrogen) atoms. The third-order valence-electron chi connectivity index (χ3n) is 3.67. The molecule has 3 aromatic rings. The number of carbonyl (C=O) groups excluding carboxylic acids is 2. The van der Waals surface area contributed by atoms with Crippen molar-refractivity contribution in [2.75, 3.05) is 7.11 Å². The van der Waals surface area contributed by atoms with Gasteiger partial charge in [0.2, 0.25) is 0 Å². The van der Waals surface area contributed by atoms with Crippen molar-refractivity contribution in [3.8, 4) is 0 Å². The van der Waals surface area contributed by atoms with E-state index < -0.39 is 11.8 Å². The first kappa shape index (κ1) is 14.9. The van der Waals surface area contributed by atoms with E-state index in [0.29, 0.717) is 10.9 Å². The Morgan fingerprint density at radius 2 is 1.61 bits per heavy atom. The van der Waals surface area contributed by atoms with Crippen LogP contribution in [-0.2, 0) is 4.74 Å². The fourth-order valence-corrected chi connectivity index (χ4v) is 2.54. The van der Waals surface area contributed by atoms with Crippen molar-refractivity contribution in [2.45, 2.75) is 0 Å². The molecular formula is C19H13FO3. The lowest BCUT2D eigenvalue weighted by Gasteiger charge is -2.11. The molecule has 0 aliphatic rings. The zero-order valence-electron chi connectivity index (χ0n) is 12.4. The summed E-state index contributed by atoms with van der Waals surface area (Å²) in [6, 6.07) is 15.9. The van der Waals surface area contributed by atoms with Gasteiger partial charge in [-0.3, -0.25) is 4.79 Å². The highest BCUT2D eigenvalue weighted by Gasteiger charge is 2.21. The largest absolute Gasteiger partial charge is 0.465 e. The summed E-state index contributed by atoms with van der Waals surface area (Å²) >= 11 is 0. The highest BCUT2D eigenvalue weighted by atomic mass is 19.1. The number of hydrogen-bond donors (Lipinski definition) is 0. The molecular weight excluding hydrogens is 295 g/mol. The molecule has 0 aliphatic heterocycles. The maximum absolute atomic E-state index is 13.1. The number of hydrogen-bond acceptors (Lipinski definition) is 3. The molecule has 0 aliphatic carbocycles. The van der Waals surface area contributed by atoms with Crippen molar-refractivity contribution in [3.05, 3.63) is 83.2 Å². The van der Waals surface area contributed by atoms with Gasteiger partial charge in [0, 0.05) is 11.1 Å². The Kier molecular flexibility index (Phi) is 3.89. The summed E-state index contributed by atoms with van der Waals surface area (Å²) in [7, 11) is 1.27. The standard InChI is InChI=1S/C19H13FO3/c1-23-19(22)16-11-8-12-4-2-3-5-15(12)17(16)18(21)13-6-9-14(20)10-7-13/h2-11H,1H3. The molecule has 0 fully saturated rings. The topological polar surface area (TPSA) is 43.4 Å². The van der Waals surface area contributed by atoms with Crippen molar-refractivity contribution in [1.29, 1.82) is 0 Å². The number of ether oxygens (including phenoxy) is 1. The smallest absolute Gasteiger partial charge is 0.338 e. The Balaban J connectivity index is 2.26. The summed E-state index contributed by atoms with van der Waals surface area (Å²) in [5.41, 5.74) is 0.773. The van der Waals surface area contributed by atoms with Crippen molar-refractivity contribution in [1.82, 2.24) is 0 Å². The van der Waals surface area contributed by atoms with Gasteiger partial charge in [-0.15, -0.1) is 0 Å². The van der Waals surface area contributed by atoms with Gasteiger partial charge in [-0.1, -0.05) is 30.3 Å². The Labute approximate surface area is 132 Å². The fourth-order valence-electron chi connectivity index (χ4n) is 2.54. The van der Waals surface area contributed by atoms with Crippen molar-refractivity contribution in [2.24, 2.45) is 0 Å². The highest BCUT2D eigenvalue weighted by Crippen LogP contribution is 2.26. The second-order valence-electron chi connectivity index (χ2n) is 5.04. The van der Waals surface area contributed by atoms with Crippen molar-refractivity contribution < 1.29 is 18.7 Å². The van der Waals surface area contributed by atoms with Gasteiger partial charge in [0.1, 0.15) is 5.82 Å². The van der Waals surface area contributed by atoms with E-state index in [0.717, 1.165) is 5.39 Å². The highest BCUT2D eigenvalue weighted by molar-refractivity contribution is 6.21. The number of carbonyl (C=O) groups is 2. The van der Waals surface area contributed by atoms with E-state index in [2.05, 4.69) is 0 Å². The number of rotatable bonds is 3. The zero-order valence-corrected chi connectivity index (χ0v) is 12.4.